The van der Waals surface area contributed by atoms with Crippen LogP contribution in [0, 0.1) is 0 Å². The zero-order valence-electron chi connectivity index (χ0n) is 20.0. The Morgan fingerprint density at radius 2 is 1.57 bits per heavy atom. The van der Waals surface area contributed by atoms with Crippen LogP contribution in [0.1, 0.15) is 11.1 Å². The molecule has 180 valence electrons. The Hall–Kier alpha value is -4.26. The van der Waals surface area contributed by atoms with Crippen LogP contribution < -0.4 is 25.1 Å². The van der Waals surface area contributed by atoms with E-state index in [2.05, 4.69) is 5.32 Å². The number of aromatic nitrogens is 1. The first kappa shape index (κ1) is 23.9. The standard InChI is InChI=1S/C28H28N2O5/c1-33-23-11-7-10-22(16-23)29-27(31)18-30-24-17-26(35-3)25(34-2)15-21(24)14-20(28(30)32)13-12-19-8-5-4-6-9-19/h4-11,14-17H,12-13,18H2,1-3H3,(H,29,31). The monoisotopic (exact) mass is 472 g/mol. The Bertz CT molecular complexity index is 1400. The van der Waals surface area contributed by atoms with Gasteiger partial charge in [-0.3, -0.25) is 14.2 Å². The van der Waals surface area contributed by atoms with Gasteiger partial charge in [0.2, 0.25) is 5.91 Å². The molecule has 0 atom stereocenters. The highest BCUT2D eigenvalue weighted by Gasteiger charge is 2.16. The van der Waals surface area contributed by atoms with Crippen LogP contribution in [0.15, 0.2) is 77.6 Å². The fraction of sp³-hybridized carbons (Fsp3) is 0.214. The number of benzene rings is 3. The lowest BCUT2D eigenvalue weighted by atomic mass is 10.0. The van der Waals surface area contributed by atoms with Gasteiger partial charge in [0.25, 0.3) is 5.56 Å². The van der Waals surface area contributed by atoms with Crippen molar-refractivity contribution in [2.75, 3.05) is 26.6 Å². The molecule has 0 aliphatic heterocycles. The van der Waals surface area contributed by atoms with Gasteiger partial charge in [-0.2, -0.15) is 0 Å². The number of fused-ring (bicyclic) bond motifs is 1. The second kappa shape index (κ2) is 10.8. The number of rotatable bonds is 9. The van der Waals surface area contributed by atoms with Gasteiger partial charge in [0, 0.05) is 28.8 Å². The third kappa shape index (κ3) is 5.46. The highest BCUT2D eigenvalue weighted by molar-refractivity contribution is 5.92. The maximum Gasteiger partial charge on any atom is 0.254 e. The van der Waals surface area contributed by atoms with Gasteiger partial charge in [-0.1, -0.05) is 36.4 Å². The summed E-state index contributed by atoms with van der Waals surface area (Å²) in [5.41, 5.74) is 2.74. The van der Waals surface area contributed by atoms with Crippen LogP contribution in [0.5, 0.6) is 17.2 Å². The predicted molar refractivity (Wildman–Crippen MR) is 137 cm³/mol. The van der Waals surface area contributed by atoms with E-state index >= 15 is 0 Å². The number of hydrogen-bond acceptors (Lipinski definition) is 5. The number of carbonyl (C=O) groups is 1. The first-order valence-electron chi connectivity index (χ1n) is 11.3. The molecule has 7 heteroatoms. The molecule has 1 aromatic heterocycles. The van der Waals surface area contributed by atoms with E-state index in [4.69, 9.17) is 14.2 Å². The highest BCUT2D eigenvalue weighted by Crippen LogP contribution is 2.32. The van der Waals surface area contributed by atoms with E-state index in [9.17, 15) is 9.59 Å². The summed E-state index contributed by atoms with van der Waals surface area (Å²) in [4.78, 5) is 26.5. The molecule has 0 bridgehead atoms. The Kier molecular flexibility index (Phi) is 7.35. The lowest BCUT2D eigenvalue weighted by Crippen LogP contribution is -2.30. The molecule has 0 saturated heterocycles. The zero-order chi connectivity index (χ0) is 24.8. The number of pyridine rings is 1. The molecule has 0 radical (unpaired) electrons. The second-order valence-electron chi connectivity index (χ2n) is 8.09. The Morgan fingerprint density at radius 1 is 0.829 bits per heavy atom. The maximum absolute atomic E-state index is 13.5. The van der Waals surface area contributed by atoms with Gasteiger partial charge >= 0.3 is 0 Å². The number of nitrogens with one attached hydrogen (secondary N) is 1. The van der Waals surface area contributed by atoms with E-state index in [0.29, 0.717) is 46.9 Å². The number of carbonyl (C=O) groups excluding carboxylic acids is 1. The van der Waals surface area contributed by atoms with Crippen LogP contribution in [-0.2, 0) is 24.2 Å². The Labute approximate surface area is 203 Å². The molecule has 0 spiro atoms. The summed E-state index contributed by atoms with van der Waals surface area (Å²) in [7, 11) is 4.67. The lowest BCUT2D eigenvalue weighted by Gasteiger charge is -2.16. The maximum atomic E-state index is 13.5. The predicted octanol–water partition coefficient (Wildman–Crippen LogP) is 4.45. The van der Waals surface area contributed by atoms with Gasteiger partial charge in [-0.15, -0.1) is 0 Å². The van der Waals surface area contributed by atoms with E-state index in [1.54, 1.807) is 44.6 Å². The lowest BCUT2D eigenvalue weighted by molar-refractivity contribution is -0.116. The van der Waals surface area contributed by atoms with E-state index in [1.807, 2.05) is 42.5 Å². The fourth-order valence-corrected chi connectivity index (χ4v) is 4.07. The molecule has 0 unspecified atom stereocenters. The number of anilines is 1. The molecule has 1 heterocycles. The first-order chi connectivity index (χ1) is 17.0. The summed E-state index contributed by atoms with van der Waals surface area (Å²) >= 11 is 0. The summed E-state index contributed by atoms with van der Waals surface area (Å²) < 4.78 is 17.6. The van der Waals surface area contributed by atoms with Crippen molar-refractivity contribution in [1.29, 1.82) is 0 Å². The minimum Gasteiger partial charge on any atom is -0.497 e. The summed E-state index contributed by atoms with van der Waals surface area (Å²) in [6.07, 6.45) is 1.26. The molecule has 4 aromatic rings. The average molecular weight is 473 g/mol. The average Bonchev–Trinajstić information content (AvgIpc) is 2.89. The number of amides is 1. The first-order valence-corrected chi connectivity index (χ1v) is 11.3. The van der Waals surface area contributed by atoms with Crippen molar-refractivity contribution >= 4 is 22.5 Å². The molecule has 1 N–H and O–H groups in total. The number of hydrogen-bond donors (Lipinski definition) is 1. The van der Waals surface area contributed by atoms with Crippen LogP contribution in [0.4, 0.5) is 5.69 Å². The molecular formula is C28H28N2O5. The van der Waals surface area contributed by atoms with Crippen LogP contribution in [0.2, 0.25) is 0 Å². The molecule has 7 nitrogen and oxygen atoms in total. The van der Waals surface area contributed by atoms with Crippen molar-refractivity contribution in [3.8, 4) is 17.2 Å². The van der Waals surface area contributed by atoms with E-state index in [0.717, 1.165) is 10.9 Å². The molecular weight excluding hydrogens is 444 g/mol. The molecule has 0 aliphatic rings. The normalized spacial score (nSPS) is 10.7. The van der Waals surface area contributed by atoms with Gasteiger partial charge in [0.1, 0.15) is 12.3 Å². The van der Waals surface area contributed by atoms with Crippen molar-refractivity contribution in [1.82, 2.24) is 4.57 Å². The van der Waals surface area contributed by atoms with Crippen molar-refractivity contribution < 1.29 is 19.0 Å². The SMILES string of the molecule is COc1cccc(NC(=O)Cn2c(=O)c(CCc3ccccc3)cc3cc(OC)c(OC)cc32)c1. The summed E-state index contributed by atoms with van der Waals surface area (Å²) in [6, 6.07) is 22.5. The Balaban J connectivity index is 1.72. The fourth-order valence-electron chi connectivity index (χ4n) is 4.07. The Morgan fingerprint density at radius 3 is 2.29 bits per heavy atom. The van der Waals surface area contributed by atoms with E-state index in [1.165, 1.54) is 11.7 Å². The smallest absolute Gasteiger partial charge is 0.254 e. The van der Waals surface area contributed by atoms with Gasteiger partial charge in [0.15, 0.2) is 11.5 Å². The molecule has 0 aliphatic carbocycles. The van der Waals surface area contributed by atoms with Crippen LogP contribution in [0.25, 0.3) is 10.9 Å². The highest BCUT2D eigenvalue weighted by atomic mass is 16.5. The van der Waals surface area contributed by atoms with Gasteiger partial charge in [-0.05, 0) is 42.7 Å². The number of aryl methyl sites for hydroxylation is 2. The molecule has 3 aromatic carbocycles. The van der Waals surface area contributed by atoms with Gasteiger partial charge in [0.05, 0.1) is 26.8 Å². The van der Waals surface area contributed by atoms with Crippen molar-refractivity contribution in [2.24, 2.45) is 0 Å². The summed E-state index contributed by atoms with van der Waals surface area (Å²) in [6.45, 7) is -0.152. The second-order valence-corrected chi connectivity index (χ2v) is 8.09. The zero-order valence-corrected chi connectivity index (χ0v) is 20.0. The van der Waals surface area contributed by atoms with Crippen LogP contribution in [-0.4, -0.2) is 31.8 Å². The van der Waals surface area contributed by atoms with Crippen molar-refractivity contribution in [3.05, 3.63) is 94.3 Å². The quantitative estimate of drug-likeness (QED) is 0.389. The number of ether oxygens (including phenoxy) is 3. The largest absolute Gasteiger partial charge is 0.497 e. The van der Waals surface area contributed by atoms with E-state index in [-0.39, 0.29) is 18.0 Å². The van der Waals surface area contributed by atoms with Crippen LogP contribution in [0.3, 0.4) is 0 Å². The van der Waals surface area contributed by atoms with Crippen molar-refractivity contribution in [3.63, 3.8) is 0 Å². The number of methoxy groups -OCH3 is 3. The van der Waals surface area contributed by atoms with Crippen molar-refractivity contribution in [2.45, 2.75) is 19.4 Å². The summed E-state index contributed by atoms with van der Waals surface area (Å²) in [5, 5.41) is 3.64. The molecule has 0 fully saturated rings. The van der Waals surface area contributed by atoms with Crippen LogP contribution >= 0.6 is 0 Å². The minimum absolute atomic E-state index is 0.152. The molecule has 0 saturated carbocycles. The molecule has 1 amide bonds. The molecule has 4 rings (SSSR count). The summed E-state index contributed by atoms with van der Waals surface area (Å²) in [5.74, 6) is 1.35. The third-order valence-electron chi connectivity index (χ3n) is 5.85. The minimum atomic E-state index is -0.323. The molecule has 35 heavy (non-hydrogen) atoms. The van der Waals surface area contributed by atoms with Gasteiger partial charge < -0.3 is 19.5 Å². The number of nitrogens with zero attached hydrogens (tertiary/aromatic N) is 1. The topological polar surface area (TPSA) is 78.8 Å². The third-order valence-corrected chi connectivity index (χ3v) is 5.85. The van der Waals surface area contributed by atoms with E-state index < -0.39 is 0 Å². The van der Waals surface area contributed by atoms with Gasteiger partial charge in [-0.25, -0.2) is 0 Å².